The fourth-order valence-electron chi connectivity index (χ4n) is 5.43. The van der Waals surface area contributed by atoms with Crippen LogP contribution < -0.4 is 26.0 Å². The lowest BCUT2D eigenvalue weighted by Crippen LogP contribution is -2.37. The normalized spacial score (nSPS) is 17.4. The first kappa shape index (κ1) is 32.1. The van der Waals surface area contributed by atoms with Crippen molar-refractivity contribution in [2.45, 2.75) is 44.5 Å². The number of rotatable bonds is 13. The van der Waals surface area contributed by atoms with E-state index in [4.69, 9.17) is 37.7 Å². The molecule has 2 saturated heterocycles. The van der Waals surface area contributed by atoms with Crippen LogP contribution in [-0.2, 0) is 22.6 Å². The Morgan fingerprint density at radius 1 is 0.978 bits per heavy atom. The molecule has 2 aliphatic rings. The molecule has 2 atom stereocenters. The molecular weight excluding hydrogens is 632 g/mol. The number of benzene rings is 1. The van der Waals surface area contributed by atoms with Crippen LogP contribution in [0.15, 0.2) is 54.9 Å². The summed E-state index contributed by atoms with van der Waals surface area (Å²) >= 11 is 13.8. The SMILES string of the molecule is COc1nc(-c2ccnc(-c3cccc(Nc4nccc(CNC[C@H]5CCO5)c4F)c3Cl)c2Cl)ccc1CNC[C@H]1CCC(=O)N1. The molecule has 4 aromatic rings. The van der Waals surface area contributed by atoms with Gasteiger partial charge in [0.1, 0.15) is 0 Å². The van der Waals surface area contributed by atoms with E-state index in [0.29, 0.717) is 82.3 Å². The third kappa shape index (κ3) is 7.24. The van der Waals surface area contributed by atoms with Crippen molar-refractivity contribution in [3.05, 3.63) is 81.8 Å². The molecule has 2 aliphatic heterocycles. The Bertz CT molecular complexity index is 1720. The van der Waals surface area contributed by atoms with Gasteiger partial charge in [0, 0.05) is 79.9 Å². The maximum Gasteiger partial charge on any atom is 0.220 e. The van der Waals surface area contributed by atoms with E-state index in [1.165, 1.54) is 0 Å². The number of hydrogen-bond donors (Lipinski definition) is 4. The summed E-state index contributed by atoms with van der Waals surface area (Å²) in [7, 11) is 1.57. The van der Waals surface area contributed by atoms with Crippen LogP contribution >= 0.6 is 23.2 Å². The summed E-state index contributed by atoms with van der Waals surface area (Å²) in [6.07, 6.45) is 5.76. The average molecular weight is 667 g/mol. The van der Waals surface area contributed by atoms with Gasteiger partial charge in [-0.15, -0.1) is 0 Å². The van der Waals surface area contributed by atoms with Gasteiger partial charge in [-0.25, -0.2) is 14.4 Å². The molecule has 10 nitrogen and oxygen atoms in total. The molecular formula is C33H34Cl2FN7O3. The van der Waals surface area contributed by atoms with Crippen molar-refractivity contribution >= 4 is 40.6 Å². The molecule has 6 rings (SSSR count). The van der Waals surface area contributed by atoms with Crippen LogP contribution in [0.2, 0.25) is 10.0 Å². The fraction of sp³-hybridized carbons (Fsp3) is 0.333. The van der Waals surface area contributed by atoms with Gasteiger partial charge < -0.3 is 30.7 Å². The van der Waals surface area contributed by atoms with E-state index in [2.05, 4.69) is 31.2 Å². The minimum Gasteiger partial charge on any atom is -0.481 e. The minimum absolute atomic E-state index is 0.0601. The molecule has 0 radical (unpaired) electrons. The maximum absolute atomic E-state index is 15.4. The predicted octanol–water partition coefficient (Wildman–Crippen LogP) is 5.65. The molecule has 0 aliphatic carbocycles. The van der Waals surface area contributed by atoms with Gasteiger partial charge in [-0.1, -0.05) is 41.4 Å². The number of nitrogens with one attached hydrogen (secondary N) is 4. The van der Waals surface area contributed by atoms with E-state index in [1.807, 2.05) is 12.1 Å². The van der Waals surface area contributed by atoms with Gasteiger partial charge in [0.15, 0.2) is 11.6 Å². The van der Waals surface area contributed by atoms with Gasteiger partial charge >= 0.3 is 0 Å². The first-order valence-corrected chi connectivity index (χ1v) is 15.9. The largest absolute Gasteiger partial charge is 0.481 e. The molecule has 0 spiro atoms. The molecule has 0 unspecified atom stereocenters. The second kappa shape index (κ2) is 14.7. The summed E-state index contributed by atoms with van der Waals surface area (Å²) in [4.78, 5) is 24.9. The number of amides is 1. The standard InChI is InChI=1S/C33H34Cl2FN7O3/c1-45-33-20(16-37-17-21-6-8-27(44)41-21)5-7-25(43-33)23-10-13-39-31(29(23)35)24-3-2-4-26(28(24)34)42-32-30(36)19(9-12-40-32)15-38-18-22-11-14-46-22/h2-5,7,9-10,12-13,21-22,37-38H,6,8,11,14-18H2,1H3,(H,40,42)(H,41,44)/t21-,22-/m1/s1. The molecule has 4 N–H and O–H groups in total. The van der Waals surface area contributed by atoms with E-state index in [1.54, 1.807) is 49.8 Å². The second-order valence-corrected chi connectivity index (χ2v) is 11.9. The number of halogens is 3. The van der Waals surface area contributed by atoms with E-state index < -0.39 is 5.82 Å². The van der Waals surface area contributed by atoms with Crippen molar-refractivity contribution in [3.63, 3.8) is 0 Å². The summed E-state index contributed by atoms with van der Waals surface area (Å²) in [6.45, 7) is 2.97. The Hall–Kier alpha value is -3.87. The number of methoxy groups -OCH3 is 1. The van der Waals surface area contributed by atoms with Crippen LogP contribution in [-0.4, -0.2) is 59.8 Å². The Kier molecular flexibility index (Phi) is 10.3. The summed E-state index contributed by atoms with van der Waals surface area (Å²) in [5, 5.41) is 13.3. The van der Waals surface area contributed by atoms with Crippen LogP contribution in [0.4, 0.5) is 15.9 Å². The molecule has 2 fully saturated rings. The third-order valence-corrected chi connectivity index (χ3v) is 8.84. The number of hydrogen-bond acceptors (Lipinski definition) is 9. The van der Waals surface area contributed by atoms with E-state index in [-0.39, 0.29) is 23.9 Å². The number of anilines is 2. The summed E-state index contributed by atoms with van der Waals surface area (Å²) in [6, 6.07) is 12.7. The summed E-state index contributed by atoms with van der Waals surface area (Å²) < 4.78 is 26.4. The van der Waals surface area contributed by atoms with Gasteiger partial charge in [0.25, 0.3) is 0 Å². The zero-order valence-electron chi connectivity index (χ0n) is 25.2. The molecule has 0 bridgehead atoms. The van der Waals surface area contributed by atoms with Crippen molar-refractivity contribution in [2.24, 2.45) is 0 Å². The number of pyridine rings is 3. The summed E-state index contributed by atoms with van der Waals surface area (Å²) in [5.41, 5.74) is 4.06. The van der Waals surface area contributed by atoms with Crippen molar-refractivity contribution in [1.29, 1.82) is 0 Å². The molecule has 1 amide bonds. The van der Waals surface area contributed by atoms with Crippen LogP contribution in [0.3, 0.4) is 0 Å². The lowest BCUT2D eigenvalue weighted by Gasteiger charge is -2.26. The van der Waals surface area contributed by atoms with Gasteiger partial charge in [-0.3, -0.25) is 9.78 Å². The van der Waals surface area contributed by atoms with Crippen molar-refractivity contribution in [1.82, 2.24) is 30.9 Å². The quantitative estimate of drug-likeness (QED) is 0.143. The van der Waals surface area contributed by atoms with E-state index in [9.17, 15) is 4.79 Å². The number of nitrogens with zero attached hydrogens (tertiary/aromatic N) is 3. The van der Waals surface area contributed by atoms with Gasteiger partial charge in [0.2, 0.25) is 11.8 Å². The lowest BCUT2D eigenvalue weighted by atomic mass is 10.1. The van der Waals surface area contributed by atoms with Gasteiger partial charge in [0.05, 0.1) is 40.3 Å². The smallest absolute Gasteiger partial charge is 0.220 e. The summed E-state index contributed by atoms with van der Waals surface area (Å²) in [5.74, 6) is 0.142. The van der Waals surface area contributed by atoms with Gasteiger partial charge in [-0.05, 0) is 37.1 Å². The molecule has 0 saturated carbocycles. The van der Waals surface area contributed by atoms with Crippen LogP contribution in [0, 0.1) is 5.82 Å². The lowest BCUT2D eigenvalue weighted by molar-refractivity contribution is -0.119. The molecule has 3 aromatic heterocycles. The number of ether oxygens (including phenoxy) is 2. The zero-order valence-corrected chi connectivity index (χ0v) is 26.7. The van der Waals surface area contributed by atoms with E-state index in [0.717, 1.165) is 25.0 Å². The number of carbonyl (C=O) groups excluding carboxylic acids is 1. The molecule has 1 aromatic carbocycles. The zero-order chi connectivity index (χ0) is 32.0. The first-order chi connectivity index (χ1) is 22.4. The average Bonchev–Trinajstić information content (AvgIpc) is 3.46. The van der Waals surface area contributed by atoms with Crippen LogP contribution in [0.25, 0.3) is 22.5 Å². The predicted molar refractivity (Wildman–Crippen MR) is 176 cm³/mol. The Labute approximate surface area is 276 Å². The monoisotopic (exact) mass is 665 g/mol. The highest BCUT2D eigenvalue weighted by Crippen LogP contribution is 2.41. The topological polar surface area (TPSA) is 122 Å². The maximum atomic E-state index is 15.4. The van der Waals surface area contributed by atoms with Gasteiger partial charge in [-0.2, -0.15) is 0 Å². The molecule has 240 valence electrons. The minimum atomic E-state index is -0.465. The number of carbonyl (C=O) groups is 1. The van der Waals surface area contributed by atoms with Crippen molar-refractivity contribution in [3.8, 4) is 28.4 Å². The molecule has 5 heterocycles. The molecule has 46 heavy (non-hydrogen) atoms. The van der Waals surface area contributed by atoms with Crippen LogP contribution in [0.5, 0.6) is 5.88 Å². The highest BCUT2D eigenvalue weighted by atomic mass is 35.5. The molecule has 13 heteroatoms. The Morgan fingerprint density at radius 3 is 2.54 bits per heavy atom. The Balaban J connectivity index is 1.19. The fourth-order valence-corrected chi connectivity index (χ4v) is 6.00. The van der Waals surface area contributed by atoms with Crippen molar-refractivity contribution < 1.29 is 18.7 Å². The third-order valence-electron chi connectivity index (χ3n) is 8.05. The number of aromatic nitrogens is 3. The Morgan fingerprint density at radius 2 is 1.78 bits per heavy atom. The second-order valence-electron chi connectivity index (χ2n) is 11.2. The van der Waals surface area contributed by atoms with Crippen molar-refractivity contribution in [2.75, 3.05) is 32.1 Å². The van der Waals surface area contributed by atoms with Crippen LogP contribution in [0.1, 0.15) is 30.4 Å². The van der Waals surface area contributed by atoms with E-state index >= 15 is 4.39 Å². The first-order valence-electron chi connectivity index (χ1n) is 15.1. The highest BCUT2D eigenvalue weighted by Gasteiger charge is 2.22. The highest BCUT2D eigenvalue weighted by molar-refractivity contribution is 6.39.